The lowest BCUT2D eigenvalue weighted by molar-refractivity contribution is -0.110. The molecule has 84 valence electrons. The van der Waals surface area contributed by atoms with Gasteiger partial charge >= 0.3 is 13.3 Å². The molecule has 0 bridgehead atoms. The third-order valence-electron chi connectivity index (χ3n) is 1.21. The van der Waals surface area contributed by atoms with Crippen molar-refractivity contribution in [2.24, 2.45) is 0 Å². The molecular weight excluding hydrogens is 212 g/mol. The lowest BCUT2D eigenvalue weighted by Gasteiger charge is -1.99. The van der Waals surface area contributed by atoms with E-state index in [4.69, 9.17) is 15.2 Å². The highest BCUT2D eigenvalue weighted by Gasteiger charge is 2.15. The van der Waals surface area contributed by atoms with Crippen LogP contribution in [-0.2, 0) is 0 Å². The summed E-state index contributed by atoms with van der Waals surface area (Å²) in [5.74, 6) is -0.0995. The number of benzene rings is 1. The van der Waals surface area contributed by atoms with E-state index >= 15 is 0 Å². The lowest BCUT2D eigenvalue weighted by Crippen LogP contribution is -2.29. The molecule has 0 saturated carbocycles. The van der Waals surface area contributed by atoms with Crippen molar-refractivity contribution >= 4 is 12.6 Å². The zero-order valence-corrected chi connectivity index (χ0v) is 7.86. The van der Waals surface area contributed by atoms with Crippen LogP contribution < -0.4 is 5.46 Å². The van der Waals surface area contributed by atoms with Crippen LogP contribution >= 0.6 is 0 Å². The van der Waals surface area contributed by atoms with Gasteiger partial charge in [0.1, 0.15) is 5.75 Å². The Balaban J connectivity index is 0.000000336. The number of para-hydroxylation sites is 1. The third-order valence-corrected chi connectivity index (χ3v) is 1.21. The average Bonchev–Trinajstić information content (AvgIpc) is 2.01. The summed E-state index contributed by atoms with van der Waals surface area (Å²) in [5.41, 5.74) is 0.127. The first-order valence-electron chi connectivity index (χ1n) is 3.92. The lowest BCUT2D eigenvalue weighted by atomic mass is 9.80. The van der Waals surface area contributed by atoms with E-state index in [2.05, 4.69) is 0 Å². The molecule has 1 rings (SSSR count). The predicted molar refractivity (Wildman–Crippen MR) is 49.7 cm³/mol. The highest BCUT2D eigenvalue weighted by molar-refractivity contribution is 6.59. The molecule has 0 aliphatic carbocycles. The van der Waals surface area contributed by atoms with Crippen molar-refractivity contribution in [3.8, 4) is 5.75 Å². The van der Waals surface area contributed by atoms with Gasteiger partial charge in [-0.1, -0.05) is 18.2 Å². The molecule has 0 aromatic heterocycles. The maximum atomic E-state index is 10.4. The van der Waals surface area contributed by atoms with Crippen molar-refractivity contribution in [2.75, 3.05) is 0 Å². The van der Waals surface area contributed by atoms with Crippen LogP contribution in [0.1, 0.15) is 6.92 Å². The maximum Gasteiger partial charge on any atom is 0.492 e. The van der Waals surface area contributed by atoms with Gasteiger partial charge in [-0.3, -0.25) is 0 Å². The Kier molecular flexibility index (Phi) is 5.17. The molecule has 1 aromatic rings. The van der Waals surface area contributed by atoms with Crippen LogP contribution in [-0.4, -0.2) is 28.4 Å². The van der Waals surface area contributed by atoms with Gasteiger partial charge < -0.3 is 15.2 Å². The normalized spacial score (nSPS) is 10.3. The summed E-state index contributed by atoms with van der Waals surface area (Å²) in [7, 11) is -1.60. The average molecular weight is 222 g/mol. The van der Waals surface area contributed by atoms with Crippen molar-refractivity contribution < 1.29 is 28.3 Å². The fourth-order valence-corrected chi connectivity index (χ4v) is 0.706. The van der Waals surface area contributed by atoms with Crippen LogP contribution in [0.2, 0.25) is 0 Å². The van der Waals surface area contributed by atoms with Crippen LogP contribution in [0.4, 0.5) is 13.2 Å². The molecule has 0 aliphatic heterocycles. The van der Waals surface area contributed by atoms with E-state index in [0.29, 0.717) is 0 Å². The SMILES string of the molecule is CC(F)(F)F.OB(O)c1ccccc1O. The molecule has 0 amide bonds. The standard InChI is InChI=1S/C6H7BO3.C2H3F3/c8-6-4-2-1-3-5(6)7(9)10;1-2(3,4)5/h1-4,8-10H;1H3. The largest absolute Gasteiger partial charge is 0.508 e. The van der Waals surface area contributed by atoms with Crippen LogP contribution in [0.25, 0.3) is 0 Å². The second kappa shape index (κ2) is 5.62. The molecule has 3 N–H and O–H groups in total. The first-order chi connectivity index (χ1) is 6.72. The summed E-state index contributed by atoms with van der Waals surface area (Å²) in [6.45, 7) is 0.188. The summed E-state index contributed by atoms with van der Waals surface area (Å²) in [6, 6.07) is 6.07. The minimum absolute atomic E-state index is 0.0995. The Hall–Kier alpha value is -1.21. The molecular formula is C8H10BF3O3. The molecule has 0 spiro atoms. The number of phenols is 1. The number of aromatic hydroxyl groups is 1. The van der Waals surface area contributed by atoms with Gasteiger partial charge in [0.25, 0.3) is 0 Å². The Morgan fingerprint density at radius 3 is 1.80 bits per heavy atom. The fraction of sp³-hybridized carbons (Fsp3) is 0.250. The zero-order chi connectivity index (χ0) is 12.1. The van der Waals surface area contributed by atoms with Crippen LogP contribution in [0.3, 0.4) is 0 Å². The Labute approximate surface area is 84.9 Å². The Morgan fingerprint density at radius 2 is 1.53 bits per heavy atom. The van der Waals surface area contributed by atoms with Gasteiger partial charge in [-0.2, -0.15) is 13.2 Å². The number of halogens is 3. The van der Waals surface area contributed by atoms with Crippen LogP contribution in [0.15, 0.2) is 24.3 Å². The van der Waals surface area contributed by atoms with E-state index in [-0.39, 0.29) is 18.1 Å². The highest BCUT2D eigenvalue weighted by atomic mass is 19.4. The summed E-state index contributed by atoms with van der Waals surface area (Å²) in [4.78, 5) is 0. The molecule has 0 aliphatic rings. The summed E-state index contributed by atoms with van der Waals surface area (Å²) in [6.07, 6.45) is -4.00. The van der Waals surface area contributed by atoms with Gasteiger partial charge in [0, 0.05) is 12.4 Å². The van der Waals surface area contributed by atoms with E-state index in [1.807, 2.05) is 0 Å². The number of hydrogen-bond donors (Lipinski definition) is 3. The minimum Gasteiger partial charge on any atom is -0.508 e. The van der Waals surface area contributed by atoms with Gasteiger partial charge in [-0.15, -0.1) is 0 Å². The van der Waals surface area contributed by atoms with Gasteiger partial charge in [-0.05, 0) is 6.07 Å². The van der Waals surface area contributed by atoms with Crippen molar-refractivity contribution in [3.63, 3.8) is 0 Å². The molecule has 3 nitrogen and oxygen atoms in total. The Bertz CT molecular complexity index is 295. The van der Waals surface area contributed by atoms with E-state index in [1.165, 1.54) is 12.1 Å². The second-order valence-electron chi connectivity index (χ2n) is 2.71. The van der Waals surface area contributed by atoms with Gasteiger partial charge in [0.05, 0.1) is 0 Å². The number of hydrogen-bond acceptors (Lipinski definition) is 3. The summed E-state index contributed by atoms with van der Waals surface area (Å²) in [5, 5.41) is 26.2. The molecule has 0 fully saturated rings. The first kappa shape index (κ1) is 13.8. The van der Waals surface area contributed by atoms with Gasteiger partial charge in [0.15, 0.2) is 0 Å². The van der Waals surface area contributed by atoms with Gasteiger partial charge in [-0.25, -0.2) is 0 Å². The Morgan fingerprint density at radius 1 is 1.13 bits per heavy atom. The van der Waals surface area contributed by atoms with E-state index in [9.17, 15) is 13.2 Å². The second-order valence-corrected chi connectivity index (χ2v) is 2.71. The number of rotatable bonds is 1. The van der Waals surface area contributed by atoms with E-state index < -0.39 is 13.3 Å². The maximum absolute atomic E-state index is 10.4. The number of phenolic OH excluding ortho intramolecular Hbond substituents is 1. The topological polar surface area (TPSA) is 60.7 Å². The van der Waals surface area contributed by atoms with Gasteiger partial charge in [0.2, 0.25) is 0 Å². The zero-order valence-electron chi connectivity index (χ0n) is 7.86. The van der Waals surface area contributed by atoms with Crippen LogP contribution in [0, 0.1) is 0 Å². The van der Waals surface area contributed by atoms with E-state index in [0.717, 1.165) is 0 Å². The molecule has 7 heteroatoms. The van der Waals surface area contributed by atoms with Crippen molar-refractivity contribution in [2.45, 2.75) is 13.1 Å². The third kappa shape index (κ3) is 7.83. The number of alkyl halides is 3. The first-order valence-corrected chi connectivity index (χ1v) is 3.92. The fourth-order valence-electron chi connectivity index (χ4n) is 0.706. The van der Waals surface area contributed by atoms with Crippen molar-refractivity contribution in [1.82, 2.24) is 0 Å². The highest BCUT2D eigenvalue weighted by Crippen LogP contribution is 2.10. The molecule has 15 heavy (non-hydrogen) atoms. The summed E-state index contributed by atoms with van der Waals surface area (Å²) < 4.78 is 31.1. The molecule has 0 saturated heterocycles. The minimum atomic E-state index is -4.00. The van der Waals surface area contributed by atoms with Crippen molar-refractivity contribution in [3.05, 3.63) is 24.3 Å². The van der Waals surface area contributed by atoms with E-state index in [1.54, 1.807) is 12.1 Å². The molecule has 0 atom stereocenters. The smallest absolute Gasteiger partial charge is 0.492 e. The monoisotopic (exact) mass is 222 g/mol. The molecule has 0 radical (unpaired) electrons. The molecule has 0 heterocycles. The molecule has 0 unspecified atom stereocenters. The van der Waals surface area contributed by atoms with Crippen LogP contribution in [0.5, 0.6) is 5.75 Å². The predicted octanol–water partition coefficient (Wildman–Crippen LogP) is 0.641. The van der Waals surface area contributed by atoms with Crippen molar-refractivity contribution in [1.29, 1.82) is 0 Å². The molecule has 1 aromatic carbocycles. The summed E-state index contributed by atoms with van der Waals surface area (Å²) >= 11 is 0. The quantitative estimate of drug-likeness (QED) is 0.611.